The smallest absolute Gasteiger partial charge is 0.354 e. The van der Waals surface area contributed by atoms with E-state index in [9.17, 15) is 4.79 Å². The van der Waals surface area contributed by atoms with Gasteiger partial charge in [0.05, 0.1) is 0 Å². The van der Waals surface area contributed by atoms with Crippen molar-refractivity contribution in [2.45, 2.75) is 13.0 Å². The standard InChI is InChI=1S/C14H13ClN2O2/c1-9(10-3-2-4-11(15)7-10)17-12-5-6-16-13(8-12)14(18)19/h2-9H,1H3,(H,16,17)(H,18,19). The molecular formula is C14H13ClN2O2. The number of hydrogen-bond acceptors (Lipinski definition) is 3. The van der Waals surface area contributed by atoms with Crippen molar-refractivity contribution in [3.05, 3.63) is 58.9 Å². The zero-order valence-corrected chi connectivity index (χ0v) is 11.1. The van der Waals surface area contributed by atoms with Crippen LogP contribution in [0.15, 0.2) is 42.6 Å². The maximum Gasteiger partial charge on any atom is 0.354 e. The molecule has 0 spiro atoms. The minimum absolute atomic E-state index is 0.0164. The molecule has 19 heavy (non-hydrogen) atoms. The molecule has 0 bridgehead atoms. The van der Waals surface area contributed by atoms with Gasteiger partial charge in [0, 0.05) is 22.9 Å². The third-order valence-electron chi connectivity index (χ3n) is 2.71. The number of nitrogens with zero attached hydrogens (tertiary/aromatic N) is 1. The summed E-state index contributed by atoms with van der Waals surface area (Å²) in [5.74, 6) is -1.04. The molecule has 98 valence electrons. The first kappa shape index (κ1) is 13.4. The lowest BCUT2D eigenvalue weighted by Crippen LogP contribution is -2.08. The molecule has 0 saturated heterocycles. The molecule has 1 atom stereocenters. The summed E-state index contributed by atoms with van der Waals surface area (Å²) in [7, 11) is 0. The van der Waals surface area contributed by atoms with Gasteiger partial charge in [0.15, 0.2) is 0 Å². The average molecular weight is 277 g/mol. The minimum atomic E-state index is -1.04. The second-order valence-electron chi connectivity index (χ2n) is 4.16. The first-order valence-corrected chi connectivity index (χ1v) is 6.15. The fourth-order valence-corrected chi connectivity index (χ4v) is 1.95. The molecule has 0 radical (unpaired) electrons. The molecular weight excluding hydrogens is 264 g/mol. The molecule has 0 amide bonds. The predicted molar refractivity (Wildman–Crippen MR) is 74.7 cm³/mol. The molecule has 1 unspecified atom stereocenters. The Morgan fingerprint density at radius 2 is 2.16 bits per heavy atom. The predicted octanol–water partition coefficient (Wildman–Crippen LogP) is 3.61. The summed E-state index contributed by atoms with van der Waals surface area (Å²) in [6.07, 6.45) is 1.47. The summed E-state index contributed by atoms with van der Waals surface area (Å²) < 4.78 is 0. The largest absolute Gasteiger partial charge is 0.477 e. The number of aromatic nitrogens is 1. The number of aromatic carboxylic acids is 1. The van der Waals surface area contributed by atoms with Crippen molar-refractivity contribution < 1.29 is 9.90 Å². The van der Waals surface area contributed by atoms with E-state index in [0.717, 1.165) is 5.56 Å². The van der Waals surface area contributed by atoms with Crippen LogP contribution in [-0.4, -0.2) is 16.1 Å². The number of pyridine rings is 1. The van der Waals surface area contributed by atoms with E-state index in [-0.39, 0.29) is 11.7 Å². The van der Waals surface area contributed by atoms with Gasteiger partial charge < -0.3 is 10.4 Å². The number of anilines is 1. The van der Waals surface area contributed by atoms with Gasteiger partial charge >= 0.3 is 5.97 Å². The number of hydrogen-bond donors (Lipinski definition) is 2. The van der Waals surface area contributed by atoms with E-state index >= 15 is 0 Å². The van der Waals surface area contributed by atoms with Crippen molar-refractivity contribution in [1.29, 1.82) is 0 Å². The number of carbonyl (C=O) groups is 1. The van der Waals surface area contributed by atoms with E-state index in [0.29, 0.717) is 10.7 Å². The third kappa shape index (κ3) is 3.45. The van der Waals surface area contributed by atoms with E-state index < -0.39 is 5.97 Å². The highest BCUT2D eigenvalue weighted by molar-refractivity contribution is 6.30. The van der Waals surface area contributed by atoms with Crippen molar-refractivity contribution in [3.8, 4) is 0 Å². The van der Waals surface area contributed by atoms with Crippen molar-refractivity contribution in [1.82, 2.24) is 4.98 Å². The van der Waals surface area contributed by atoms with E-state index in [2.05, 4.69) is 10.3 Å². The second kappa shape index (κ2) is 5.71. The summed E-state index contributed by atoms with van der Waals surface area (Å²) in [6, 6.07) is 10.8. The number of halogens is 1. The first-order valence-electron chi connectivity index (χ1n) is 5.77. The van der Waals surface area contributed by atoms with E-state index in [1.54, 1.807) is 6.07 Å². The fourth-order valence-electron chi connectivity index (χ4n) is 1.75. The lowest BCUT2D eigenvalue weighted by Gasteiger charge is -2.16. The van der Waals surface area contributed by atoms with Gasteiger partial charge in [0.25, 0.3) is 0 Å². The van der Waals surface area contributed by atoms with Gasteiger partial charge in [-0.2, -0.15) is 0 Å². The fraction of sp³-hybridized carbons (Fsp3) is 0.143. The van der Waals surface area contributed by atoms with Crippen LogP contribution < -0.4 is 5.32 Å². The summed E-state index contributed by atoms with van der Waals surface area (Å²) in [4.78, 5) is 14.6. The topological polar surface area (TPSA) is 62.2 Å². The Balaban J connectivity index is 2.17. The van der Waals surface area contributed by atoms with Crippen molar-refractivity contribution in [2.24, 2.45) is 0 Å². The Labute approximate surface area is 116 Å². The maximum absolute atomic E-state index is 10.8. The maximum atomic E-state index is 10.8. The summed E-state index contributed by atoms with van der Waals surface area (Å²) in [5, 5.41) is 12.8. The Bertz CT molecular complexity index is 602. The Kier molecular flexibility index (Phi) is 4.02. The first-order chi connectivity index (χ1) is 9.06. The average Bonchev–Trinajstić information content (AvgIpc) is 2.39. The SMILES string of the molecule is CC(Nc1ccnc(C(=O)O)c1)c1cccc(Cl)c1. The van der Waals surface area contributed by atoms with Crippen LogP contribution in [0.25, 0.3) is 0 Å². The van der Waals surface area contributed by atoms with E-state index in [1.165, 1.54) is 12.3 Å². The quantitative estimate of drug-likeness (QED) is 0.895. The van der Waals surface area contributed by atoms with Crippen LogP contribution in [0.1, 0.15) is 29.0 Å². The van der Waals surface area contributed by atoms with E-state index in [1.807, 2.05) is 31.2 Å². The highest BCUT2D eigenvalue weighted by atomic mass is 35.5. The molecule has 1 heterocycles. The normalized spacial score (nSPS) is 11.9. The molecule has 5 heteroatoms. The summed E-state index contributed by atoms with van der Waals surface area (Å²) >= 11 is 5.94. The molecule has 0 saturated carbocycles. The van der Waals surface area contributed by atoms with Crippen LogP contribution >= 0.6 is 11.6 Å². The zero-order valence-electron chi connectivity index (χ0n) is 10.3. The number of carboxylic acid groups (broad SMARTS) is 1. The molecule has 0 aliphatic rings. The monoisotopic (exact) mass is 276 g/mol. The molecule has 1 aromatic heterocycles. The number of carboxylic acids is 1. The van der Waals surface area contributed by atoms with Gasteiger partial charge in [-0.25, -0.2) is 9.78 Å². The Morgan fingerprint density at radius 3 is 2.84 bits per heavy atom. The molecule has 0 aliphatic carbocycles. The molecule has 0 fully saturated rings. The lowest BCUT2D eigenvalue weighted by molar-refractivity contribution is 0.0690. The van der Waals surface area contributed by atoms with Gasteiger partial charge in [-0.3, -0.25) is 0 Å². The van der Waals surface area contributed by atoms with Crippen LogP contribution in [-0.2, 0) is 0 Å². The summed E-state index contributed by atoms with van der Waals surface area (Å²) in [6.45, 7) is 1.98. The van der Waals surface area contributed by atoms with Gasteiger partial charge in [-0.15, -0.1) is 0 Å². The van der Waals surface area contributed by atoms with Crippen LogP contribution in [0.2, 0.25) is 5.02 Å². The molecule has 0 aliphatic heterocycles. The van der Waals surface area contributed by atoms with Crippen molar-refractivity contribution in [2.75, 3.05) is 5.32 Å². The number of benzene rings is 1. The van der Waals surface area contributed by atoms with Crippen LogP contribution in [0.4, 0.5) is 5.69 Å². The zero-order chi connectivity index (χ0) is 13.8. The lowest BCUT2D eigenvalue weighted by atomic mass is 10.1. The number of nitrogens with one attached hydrogen (secondary N) is 1. The van der Waals surface area contributed by atoms with Gasteiger partial charge in [-0.05, 0) is 36.8 Å². The van der Waals surface area contributed by atoms with Crippen LogP contribution in [0.5, 0.6) is 0 Å². The highest BCUT2D eigenvalue weighted by Crippen LogP contribution is 2.21. The third-order valence-corrected chi connectivity index (χ3v) is 2.95. The van der Waals surface area contributed by atoms with Crippen molar-refractivity contribution >= 4 is 23.3 Å². The molecule has 1 aromatic carbocycles. The van der Waals surface area contributed by atoms with Gasteiger partial charge in [-0.1, -0.05) is 23.7 Å². The van der Waals surface area contributed by atoms with Crippen LogP contribution in [0.3, 0.4) is 0 Å². The van der Waals surface area contributed by atoms with Crippen LogP contribution in [0, 0.1) is 0 Å². The summed E-state index contributed by atoms with van der Waals surface area (Å²) in [5.41, 5.74) is 1.75. The number of rotatable bonds is 4. The molecule has 4 nitrogen and oxygen atoms in total. The Morgan fingerprint density at radius 1 is 1.37 bits per heavy atom. The van der Waals surface area contributed by atoms with Gasteiger partial charge in [0.2, 0.25) is 0 Å². The molecule has 2 N–H and O–H groups in total. The van der Waals surface area contributed by atoms with Gasteiger partial charge in [0.1, 0.15) is 5.69 Å². The highest BCUT2D eigenvalue weighted by Gasteiger charge is 2.08. The van der Waals surface area contributed by atoms with E-state index in [4.69, 9.17) is 16.7 Å². The minimum Gasteiger partial charge on any atom is -0.477 e. The molecule has 2 aromatic rings. The van der Waals surface area contributed by atoms with Crippen molar-refractivity contribution in [3.63, 3.8) is 0 Å². The Hall–Kier alpha value is -2.07. The molecule has 2 rings (SSSR count). The second-order valence-corrected chi connectivity index (χ2v) is 4.59.